The number of aryl methyl sites for hydroxylation is 1. The van der Waals surface area contributed by atoms with Crippen molar-refractivity contribution in [2.24, 2.45) is 0 Å². The predicted octanol–water partition coefficient (Wildman–Crippen LogP) is 14.5. The Labute approximate surface area is 431 Å². The quantitative estimate of drug-likeness (QED) is 0.0304. The minimum Gasteiger partial charge on any atom is -0.426 e. The smallest absolute Gasteiger partial charge is 0.426 e. The highest BCUT2D eigenvalue weighted by Gasteiger charge is 2.80. The van der Waals surface area contributed by atoms with Gasteiger partial charge in [-0.15, -0.1) is 0 Å². The summed E-state index contributed by atoms with van der Waals surface area (Å²) in [5, 5.41) is -14.6. The first-order valence-electron chi connectivity index (χ1n) is 19.4. The zero-order chi connectivity index (χ0) is 59.2. The van der Waals surface area contributed by atoms with E-state index in [9.17, 15) is 107 Å². The number of nitrogens with two attached hydrogens (primary N) is 2. The van der Waals surface area contributed by atoms with E-state index in [1.165, 1.54) is 0 Å². The molecule has 0 aromatic heterocycles. The Bertz CT molecular complexity index is 2730. The van der Waals surface area contributed by atoms with Crippen LogP contribution in [0.15, 0.2) is 84.9 Å². The van der Waals surface area contributed by atoms with Gasteiger partial charge in [-0.05, 0) is 119 Å². The lowest BCUT2D eigenvalue weighted by Gasteiger charge is -2.34. The first kappa shape index (κ1) is 66.6. The van der Waals surface area contributed by atoms with Crippen molar-refractivity contribution in [1.82, 2.24) is 0 Å². The van der Waals surface area contributed by atoms with Gasteiger partial charge in [0.25, 0.3) is 10.5 Å². The van der Waals surface area contributed by atoms with Crippen LogP contribution in [-0.2, 0) is 22.3 Å². The maximum absolute atomic E-state index is 14.4. The second kappa shape index (κ2) is 24.0. The molecule has 76 heavy (non-hydrogen) atoms. The van der Waals surface area contributed by atoms with Gasteiger partial charge in [0.2, 0.25) is 0 Å². The van der Waals surface area contributed by atoms with E-state index < -0.39 is 115 Å². The second-order valence-corrected chi connectivity index (χ2v) is 16.3. The summed E-state index contributed by atoms with van der Waals surface area (Å²) in [5.41, 5.74) is 10.6. The fourth-order valence-electron chi connectivity index (χ4n) is 5.06. The molecule has 0 saturated heterocycles. The van der Waals surface area contributed by atoms with E-state index in [0.717, 1.165) is 30.7 Å². The molecule has 34 heteroatoms. The minimum atomic E-state index is -7.16. The van der Waals surface area contributed by atoms with Crippen LogP contribution in [-0.4, -0.2) is 81.3 Å². The molecule has 4 aromatic carbocycles. The third-order valence-electron chi connectivity index (χ3n) is 8.89. The number of anilines is 2. The van der Waals surface area contributed by atoms with E-state index in [1.807, 2.05) is 13.0 Å². The van der Waals surface area contributed by atoms with Crippen molar-refractivity contribution in [2.45, 2.75) is 85.9 Å². The van der Waals surface area contributed by atoms with E-state index in [0.29, 0.717) is 35.5 Å². The van der Waals surface area contributed by atoms with Crippen LogP contribution in [0.4, 0.5) is 99.2 Å². The summed E-state index contributed by atoms with van der Waals surface area (Å²) in [7, 11) is 0. The van der Waals surface area contributed by atoms with Crippen LogP contribution in [0.5, 0.6) is 11.5 Å². The summed E-state index contributed by atoms with van der Waals surface area (Å²) in [5.74, 6) is -18.9. The van der Waals surface area contributed by atoms with Crippen molar-refractivity contribution in [3.63, 3.8) is 0 Å². The Hall–Kier alpha value is -5.56. The van der Waals surface area contributed by atoms with Crippen molar-refractivity contribution in [2.75, 3.05) is 11.5 Å². The fourth-order valence-corrected chi connectivity index (χ4v) is 5.61. The van der Waals surface area contributed by atoms with Crippen molar-refractivity contribution in [1.29, 1.82) is 0 Å². The lowest BCUT2D eigenvalue weighted by molar-refractivity contribution is -0.470. The summed E-state index contributed by atoms with van der Waals surface area (Å²) < 4.78 is 274. The molecule has 0 aliphatic carbocycles. The normalized spacial score (nSPS) is 14.4. The monoisotopic (exact) mass is 1210 g/mol. The molecule has 4 aromatic rings. The molecule has 4 N–H and O–H groups in total. The number of ether oxygens (including phenoxy) is 4. The van der Waals surface area contributed by atoms with Crippen molar-refractivity contribution < 1.29 is 126 Å². The third kappa shape index (κ3) is 16.2. The number of ketones is 2. The zero-order valence-corrected chi connectivity index (χ0v) is 40.0. The van der Waals surface area contributed by atoms with Crippen molar-refractivity contribution in [3.8, 4) is 11.5 Å². The van der Waals surface area contributed by atoms with Gasteiger partial charge in [-0.25, -0.2) is 0 Å². The minimum absolute atomic E-state index is 0.217. The first-order valence-corrected chi connectivity index (χ1v) is 21.0. The Kier molecular flexibility index (Phi) is 21.0. The number of benzene rings is 4. The van der Waals surface area contributed by atoms with Crippen LogP contribution in [0.3, 0.4) is 0 Å². The number of nitrogen functional groups attached to an aromatic ring is 2. The Morgan fingerprint density at radius 3 is 1.24 bits per heavy atom. The molecular formula is C42H28Cl4F20N2O8. The fraction of sp³-hybridized carbons (Fsp3) is 0.333. The highest BCUT2D eigenvalue weighted by Crippen LogP contribution is 2.54. The van der Waals surface area contributed by atoms with Gasteiger partial charge in [0.1, 0.15) is 11.5 Å². The molecule has 0 amide bonds. The molecular weight excluding hydrogens is 1180 g/mol. The molecule has 0 spiro atoms. The third-order valence-corrected chi connectivity index (χ3v) is 9.90. The van der Waals surface area contributed by atoms with E-state index in [-0.39, 0.29) is 12.5 Å². The van der Waals surface area contributed by atoms with Crippen LogP contribution < -0.4 is 20.9 Å². The van der Waals surface area contributed by atoms with Gasteiger partial charge in [0.05, 0.1) is 11.1 Å². The van der Waals surface area contributed by atoms with Crippen LogP contribution >= 0.6 is 46.4 Å². The molecule has 10 nitrogen and oxygen atoms in total. The first-order chi connectivity index (χ1) is 34.1. The van der Waals surface area contributed by atoms with Gasteiger partial charge in [-0.1, -0.05) is 43.3 Å². The summed E-state index contributed by atoms with van der Waals surface area (Å²) >= 11 is 18.8. The summed E-state index contributed by atoms with van der Waals surface area (Å²) in [6.07, 6.45) is -39.5. The molecule has 0 aliphatic rings. The predicted molar refractivity (Wildman–Crippen MR) is 227 cm³/mol. The van der Waals surface area contributed by atoms with Gasteiger partial charge in [-0.3, -0.25) is 28.7 Å². The van der Waals surface area contributed by atoms with Crippen molar-refractivity contribution >= 4 is 79.8 Å². The SMILES string of the molecule is CCc1cccc(CC(=O)c2ccc(C(C)=O)c(OC(F)(F)C(F)(Cl)OC(F)(F)C(F)(F)C(F)(F)F)c2)c1.Nc1cccc(N)c1.O=C(Cl)c1ccc(C(=O)Cl)c(OC(F)(F)C(F)(Cl)OC(F)(F)C(F)(F)C(F)(F)F)c1. The molecule has 0 saturated carbocycles. The topological polar surface area (TPSA) is 157 Å². The standard InChI is InChI=1S/C23H17ClF10O4.C13H3Cl3F10O4.C6H8N2/c1-3-13-5-4-6-14(9-13)10-17(36)15-7-8-16(12(2)35)18(11-15)37-23(33,34)20(24,27)38-22(31,32)19(25,26)21(28,29)30;14-7(27)4-1-2-5(8(15)28)6(3-4)29-13(25,26)10(16,19)30-12(23,24)9(17,18)11(20,21)22;7-5-2-1-3-6(8)4-5/h4-9,11H,3,10H2,1-2H3;1-3H;1-4H,7-8H2. The molecule has 0 heterocycles. The Balaban J connectivity index is 0.000000461. The summed E-state index contributed by atoms with van der Waals surface area (Å²) in [6.45, 7) is 2.65. The van der Waals surface area contributed by atoms with E-state index >= 15 is 0 Å². The maximum atomic E-state index is 14.4. The van der Waals surface area contributed by atoms with Crippen LogP contribution in [0.2, 0.25) is 0 Å². The molecule has 0 bridgehead atoms. The average molecular weight is 1210 g/mol. The molecule has 0 aliphatic heterocycles. The van der Waals surface area contributed by atoms with Crippen LogP contribution in [0, 0.1) is 0 Å². The molecule has 2 atom stereocenters. The number of carbonyl (C=O) groups is 4. The molecule has 422 valence electrons. The number of carbonyl (C=O) groups excluding carboxylic acids is 4. The Morgan fingerprint density at radius 1 is 0.487 bits per heavy atom. The van der Waals surface area contributed by atoms with Gasteiger partial charge >= 0.3 is 59.3 Å². The number of alkyl halides is 22. The second-order valence-electron chi connectivity index (χ2n) is 14.6. The van der Waals surface area contributed by atoms with Gasteiger partial charge in [0, 0.05) is 28.9 Å². The molecule has 2 unspecified atom stereocenters. The van der Waals surface area contributed by atoms with Gasteiger partial charge in [0.15, 0.2) is 11.6 Å². The van der Waals surface area contributed by atoms with Gasteiger partial charge < -0.3 is 20.9 Å². The maximum Gasteiger partial charge on any atom is 0.476 e. The van der Waals surface area contributed by atoms with Crippen LogP contribution in [0.1, 0.15) is 66.4 Å². The lowest BCUT2D eigenvalue weighted by atomic mass is 9.99. The zero-order valence-electron chi connectivity index (χ0n) is 37.0. The van der Waals surface area contributed by atoms with Crippen LogP contribution in [0.25, 0.3) is 0 Å². The Morgan fingerprint density at radius 2 is 0.868 bits per heavy atom. The van der Waals surface area contributed by atoms with E-state index in [4.69, 9.17) is 34.7 Å². The number of hydrogen-bond donors (Lipinski definition) is 2. The molecule has 0 radical (unpaired) electrons. The highest BCUT2D eigenvalue weighted by molar-refractivity contribution is 6.68. The number of rotatable bonds is 19. The summed E-state index contributed by atoms with van der Waals surface area (Å²) in [6, 6.07) is 17.6. The van der Waals surface area contributed by atoms with Gasteiger partial charge in [-0.2, -0.15) is 87.8 Å². The molecule has 0 fully saturated rings. The van der Waals surface area contributed by atoms with E-state index in [2.05, 4.69) is 42.1 Å². The average Bonchev–Trinajstić information content (AvgIpc) is 3.24. The lowest BCUT2D eigenvalue weighted by Crippen LogP contribution is -2.59. The van der Waals surface area contributed by atoms with E-state index in [1.54, 1.807) is 42.5 Å². The number of hydrogen-bond acceptors (Lipinski definition) is 10. The highest BCUT2D eigenvalue weighted by atomic mass is 35.5. The number of Topliss-reactive ketones (excluding diaryl/α,β-unsaturated/α-hetero) is 2. The van der Waals surface area contributed by atoms with Crippen molar-refractivity contribution in [3.05, 3.63) is 118 Å². The molecule has 4 rings (SSSR count). The number of halogens is 24. The summed E-state index contributed by atoms with van der Waals surface area (Å²) in [4.78, 5) is 46.7. The largest absolute Gasteiger partial charge is 0.476 e.